The summed E-state index contributed by atoms with van der Waals surface area (Å²) in [5.74, 6) is -0.383. The predicted octanol–water partition coefficient (Wildman–Crippen LogP) is 1.68. The fourth-order valence-corrected chi connectivity index (χ4v) is 2.00. The molecule has 3 atom stereocenters. The van der Waals surface area contributed by atoms with Gasteiger partial charge in [-0.2, -0.15) is 0 Å². The highest BCUT2D eigenvalue weighted by Crippen LogP contribution is 2.32. The molecule has 82 valence electrons. The minimum absolute atomic E-state index is 0.0169. The third-order valence-electron chi connectivity index (χ3n) is 2.91. The summed E-state index contributed by atoms with van der Waals surface area (Å²) < 4.78 is 18.3. The van der Waals surface area contributed by atoms with Gasteiger partial charge in [-0.1, -0.05) is 0 Å². The molecule has 0 aliphatic carbocycles. The summed E-state index contributed by atoms with van der Waals surface area (Å²) in [6.45, 7) is 2.58. The molecule has 15 heavy (non-hydrogen) atoms. The number of aliphatic hydroxyl groups is 1. The third kappa shape index (κ3) is 2.16. The van der Waals surface area contributed by atoms with Crippen molar-refractivity contribution in [1.82, 2.24) is 4.98 Å². The van der Waals surface area contributed by atoms with Gasteiger partial charge in [-0.05, 0) is 19.4 Å². The number of ether oxygens (including phenoxy) is 1. The maximum absolute atomic E-state index is 12.9. The number of halogens is 1. The average Bonchev–Trinajstić information content (AvgIpc) is 2.63. The van der Waals surface area contributed by atoms with Gasteiger partial charge < -0.3 is 9.84 Å². The van der Waals surface area contributed by atoms with Gasteiger partial charge in [-0.25, -0.2) is 4.39 Å². The molecule has 1 saturated heterocycles. The second-order valence-corrected chi connectivity index (χ2v) is 3.91. The number of nitrogens with zero attached hydrogens (tertiary/aromatic N) is 1. The lowest BCUT2D eigenvalue weighted by Crippen LogP contribution is -2.20. The third-order valence-corrected chi connectivity index (χ3v) is 2.91. The zero-order valence-corrected chi connectivity index (χ0v) is 8.56. The van der Waals surface area contributed by atoms with E-state index in [1.54, 1.807) is 0 Å². The molecular weight excluding hydrogens is 197 g/mol. The summed E-state index contributed by atoms with van der Waals surface area (Å²) in [6, 6.07) is 1.32. The molecule has 0 aromatic carbocycles. The lowest BCUT2D eigenvalue weighted by atomic mass is 9.91. The van der Waals surface area contributed by atoms with E-state index in [0.717, 1.165) is 12.6 Å². The van der Waals surface area contributed by atoms with E-state index >= 15 is 0 Å². The molecule has 2 heterocycles. The van der Waals surface area contributed by atoms with E-state index in [1.807, 2.05) is 6.92 Å². The van der Waals surface area contributed by atoms with Gasteiger partial charge in [0.25, 0.3) is 0 Å². The summed E-state index contributed by atoms with van der Waals surface area (Å²) in [5.41, 5.74) is 0.525. The topological polar surface area (TPSA) is 42.4 Å². The smallest absolute Gasteiger partial charge is 0.141 e. The fourth-order valence-electron chi connectivity index (χ4n) is 2.00. The van der Waals surface area contributed by atoms with Crippen LogP contribution in [0.4, 0.5) is 4.39 Å². The minimum Gasteiger partial charge on any atom is -0.388 e. The number of pyridine rings is 1. The van der Waals surface area contributed by atoms with Crippen molar-refractivity contribution < 1.29 is 14.2 Å². The number of hydrogen-bond acceptors (Lipinski definition) is 3. The molecule has 3 nitrogen and oxygen atoms in total. The van der Waals surface area contributed by atoms with Gasteiger partial charge >= 0.3 is 0 Å². The predicted molar refractivity (Wildman–Crippen MR) is 52.7 cm³/mol. The van der Waals surface area contributed by atoms with Gasteiger partial charge in [-0.15, -0.1) is 0 Å². The maximum Gasteiger partial charge on any atom is 0.141 e. The van der Waals surface area contributed by atoms with Crippen LogP contribution in [0.15, 0.2) is 18.5 Å². The summed E-state index contributed by atoms with van der Waals surface area (Å²) >= 11 is 0. The Hall–Kier alpha value is -1.00. The lowest BCUT2D eigenvalue weighted by molar-refractivity contribution is 0.0428. The fraction of sp³-hybridized carbons (Fsp3) is 0.545. The Morgan fingerprint density at radius 1 is 1.60 bits per heavy atom. The first-order chi connectivity index (χ1) is 7.18. The molecule has 1 N–H and O–H groups in total. The van der Waals surface area contributed by atoms with Gasteiger partial charge in [0.05, 0.1) is 18.4 Å². The van der Waals surface area contributed by atoms with Crippen LogP contribution in [0.3, 0.4) is 0 Å². The van der Waals surface area contributed by atoms with Crippen molar-refractivity contribution in [3.63, 3.8) is 0 Å². The quantitative estimate of drug-likeness (QED) is 0.809. The summed E-state index contributed by atoms with van der Waals surface area (Å²) in [6.07, 6.45) is 2.76. The van der Waals surface area contributed by atoms with Crippen LogP contribution in [-0.2, 0) is 4.74 Å². The Balaban J connectivity index is 2.16. The molecule has 1 aromatic heterocycles. The SMILES string of the molecule is CC1OCCC1C(O)c1cncc(F)c1. The molecule has 0 radical (unpaired) electrons. The Labute approximate surface area is 87.9 Å². The van der Waals surface area contributed by atoms with Crippen LogP contribution in [0.5, 0.6) is 0 Å². The highest BCUT2D eigenvalue weighted by atomic mass is 19.1. The zero-order chi connectivity index (χ0) is 10.8. The molecule has 0 saturated carbocycles. The van der Waals surface area contributed by atoms with E-state index in [-0.39, 0.29) is 12.0 Å². The second kappa shape index (κ2) is 4.24. The van der Waals surface area contributed by atoms with E-state index < -0.39 is 11.9 Å². The van der Waals surface area contributed by atoms with Crippen molar-refractivity contribution in [1.29, 1.82) is 0 Å². The highest BCUT2D eigenvalue weighted by molar-refractivity contribution is 5.14. The minimum atomic E-state index is -0.689. The van der Waals surface area contributed by atoms with Crippen molar-refractivity contribution in [2.24, 2.45) is 5.92 Å². The average molecular weight is 211 g/mol. The Morgan fingerprint density at radius 2 is 2.40 bits per heavy atom. The summed E-state index contributed by atoms with van der Waals surface area (Å²) in [4.78, 5) is 3.73. The van der Waals surface area contributed by atoms with Gasteiger partial charge in [-0.3, -0.25) is 4.98 Å². The molecule has 0 spiro atoms. The Kier molecular flexibility index (Phi) is 2.98. The van der Waals surface area contributed by atoms with Gasteiger partial charge in [0.2, 0.25) is 0 Å². The molecule has 0 amide bonds. The van der Waals surface area contributed by atoms with E-state index in [2.05, 4.69) is 4.98 Å². The van der Waals surface area contributed by atoms with Crippen LogP contribution < -0.4 is 0 Å². The Bertz CT molecular complexity index is 345. The van der Waals surface area contributed by atoms with Crippen LogP contribution in [-0.4, -0.2) is 22.8 Å². The molecule has 1 aliphatic rings. The van der Waals surface area contributed by atoms with Crippen LogP contribution >= 0.6 is 0 Å². The van der Waals surface area contributed by atoms with Crippen LogP contribution in [0.1, 0.15) is 25.0 Å². The Morgan fingerprint density at radius 3 is 3.00 bits per heavy atom. The first kappa shape index (κ1) is 10.5. The monoisotopic (exact) mass is 211 g/mol. The van der Waals surface area contributed by atoms with Gasteiger partial charge in [0, 0.05) is 24.3 Å². The summed E-state index contributed by atoms with van der Waals surface area (Å²) in [5, 5.41) is 10.0. The van der Waals surface area contributed by atoms with E-state index in [4.69, 9.17) is 4.74 Å². The van der Waals surface area contributed by atoms with Crippen LogP contribution in [0.25, 0.3) is 0 Å². The van der Waals surface area contributed by atoms with E-state index in [0.29, 0.717) is 12.2 Å². The molecule has 1 fully saturated rings. The number of aromatic nitrogens is 1. The highest BCUT2D eigenvalue weighted by Gasteiger charge is 2.31. The standard InChI is InChI=1S/C11H14FNO2/c1-7-10(2-3-15-7)11(14)8-4-9(12)6-13-5-8/h4-7,10-11,14H,2-3H2,1H3. The normalized spacial score (nSPS) is 27.9. The number of aliphatic hydroxyl groups excluding tert-OH is 1. The first-order valence-electron chi connectivity index (χ1n) is 5.08. The maximum atomic E-state index is 12.9. The lowest BCUT2D eigenvalue weighted by Gasteiger charge is -2.20. The van der Waals surface area contributed by atoms with Crippen LogP contribution in [0.2, 0.25) is 0 Å². The molecule has 0 bridgehead atoms. The molecule has 4 heteroatoms. The molecular formula is C11H14FNO2. The van der Waals surface area contributed by atoms with Crippen molar-refractivity contribution in [2.45, 2.75) is 25.6 Å². The van der Waals surface area contributed by atoms with Crippen LogP contribution in [0, 0.1) is 11.7 Å². The molecule has 1 aliphatic heterocycles. The molecule has 2 rings (SSSR count). The van der Waals surface area contributed by atoms with Gasteiger partial charge in [0.1, 0.15) is 5.82 Å². The molecule has 1 aromatic rings. The summed E-state index contributed by atoms with van der Waals surface area (Å²) in [7, 11) is 0. The van der Waals surface area contributed by atoms with E-state index in [1.165, 1.54) is 12.3 Å². The van der Waals surface area contributed by atoms with Crippen molar-refractivity contribution >= 4 is 0 Å². The zero-order valence-electron chi connectivity index (χ0n) is 8.56. The largest absolute Gasteiger partial charge is 0.388 e. The van der Waals surface area contributed by atoms with Crippen molar-refractivity contribution in [3.05, 3.63) is 29.8 Å². The van der Waals surface area contributed by atoms with Gasteiger partial charge in [0.15, 0.2) is 0 Å². The number of rotatable bonds is 2. The van der Waals surface area contributed by atoms with Crippen molar-refractivity contribution in [2.75, 3.05) is 6.61 Å². The molecule has 3 unspecified atom stereocenters. The number of hydrogen-bond donors (Lipinski definition) is 1. The van der Waals surface area contributed by atoms with Crippen molar-refractivity contribution in [3.8, 4) is 0 Å². The second-order valence-electron chi connectivity index (χ2n) is 3.91. The van der Waals surface area contributed by atoms with E-state index in [9.17, 15) is 9.50 Å². The first-order valence-corrected chi connectivity index (χ1v) is 5.08.